The Hall–Kier alpha value is -1.90. The minimum atomic E-state index is -0.909. The largest absolute Gasteiger partial charge is 0.379 e. The van der Waals surface area contributed by atoms with Crippen LogP contribution < -0.4 is 5.32 Å². The molecule has 5 rings (SSSR count). The summed E-state index contributed by atoms with van der Waals surface area (Å²) in [5, 5.41) is 5.38. The van der Waals surface area contributed by atoms with E-state index < -0.39 is 5.54 Å². The number of amides is 2. The first-order valence-corrected chi connectivity index (χ1v) is 12.8. The number of fused-ring (bicyclic) bond motifs is 3. The quantitative estimate of drug-likeness (QED) is 0.748. The van der Waals surface area contributed by atoms with E-state index in [9.17, 15) is 9.59 Å². The van der Waals surface area contributed by atoms with E-state index in [1.165, 1.54) is 0 Å². The highest BCUT2D eigenvalue weighted by Crippen LogP contribution is 2.35. The van der Waals surface area contributed by atoms with E-state index in [1.54, 1.807) is 11.3 Å². The van der Waals surface area contributed by atoms with Crippen molar-refractivity contribution in [2.45, 2.75) is 57.7 Å². The third-order valence-electron chi connectivity index (χ3n) is 7.63. The van der Waals surface area contributed by atoms with Gasteiger partial charge in [0.1, 0.15) is 11.2 Å². The molecule has 0 spiro atoms. The lowest BCUT2D eigenvalue weighted by atomic mass is 9.86. The van der Waals surface area contributed by atoms with Gasteiger partial charge in [0.05, 0.1) is 30.0 Å². The predicted molar refractivity (Wildman–Crippen MR) is 126 cm³/mol. The van der Waals surface area contributed by atoms with Gasteiger partial charge in [-0.3, -0.25) is 14.5 Å². The maximum Gasteiger partial charge on any atom is 0.271 e. The summed E-state index contributed by atoms with van der Waals surface area (Å²) >= 11 is 1.64. The number of thiophene rings is 1. The van der Waals surface area contributed by atoms with Crippen LogP contribution in [-0.4, -0.2) is 77.2 Å². The Kier molecular flexibility index (Phi) is 6.03. The van der Waals surface area contributed by atoms with E-state index in [4.69, 9.17) is 4.74 Å². The fraction of sp³-hybridized carbons (Fsp3) is 0.667. The summed E-state index contributed by atoms with van der Waals surface area (Å²) in [6.45, 7) is 9.23. The Balaban J connectivity index is 1.41. The van der Waals surface area contributed by atoms with Crippen LogP contribution in [0.2, 0.25) is 0 Å². The van der Waals surface area contributed by atoms with Crippen LogP contribution in [0.4, 0.5) is 0 Å². The second-order valence-electron chi connectivity index (χ2n) is 9.90. The zero-order valence-electron chi connectivity index (χ0n) is 19.1. The van der Waals surface area contributed by atoms with Gasteiger partial charge >= 0.3 is 0 Å². The first kappa shape index (κ1) is 21.9. The van der Waals surface area contributed by atoms with Gasteiger partial charge in [0.25, 0.3) is 5.91 Å². The molecular formula is C24H34N4O3S. The average Bonchev–Trinajstić information content (AvgIpc) is 3.38. The Morgan fingerprint density at radius 1 is 1.22 bits per heavy atom. The molecule has 1 unspecified atom stereocenters. The number of hydrogen-bond donors (Lipinski definition) is 1. The number of aromatic nitrogens is 1. The van der Waals surface area contributed by atoms with Crippen molar-refractivity contribution in [3.05, 3.63) is 23.2 Å². The van der Waals surface area contributed by atoms with Crippen LogP contribution >= 0.6 is 11.3 Å². The van der Waals surface area contributed by atoms with Gasteiger partial charge in [-0.1, -0.05) is 6.92 Å². The first-order valence-electron chi connectivity index (χ1n) is 12.0. The smallest absolute Gasteiger partial charge is 0.271 e. The minimum Gasteiger partial charge on any atom is -0.379 e. The summed E-state index contributed by atoms with van der Waals surface area (Å²) in [5.74, 6) is 0.673. The molecule has 2 fully saturated rings. The molecule has 0 bridgehead atoms. The molecule has 1 atom stereocenters. The van der Waals surface area contributed by atoms with E-state index in [-0.39, 0.29) is 17.9 Å². The van der Waals surface area contributed by atoms with Crippen LogP contribution in [0.1, 0.15) is 50.0 Å². The highest BCUT2D eigenvalue weighted by atomic mass is 32.1. The number of nitrogens with one attached hydrogen (secondary N) is 1. The molecule has 1 N–H and O–H groups in total. The minimum absolute atomic E-state index is 0.0184. The van der Waals surface area contributed by atoms with Crippen LogP contribution in [0.5, 0.6) is 0 Å². The summed E-state index contributed by atoms with van der Waals surface area (Å²) in [4.78, 5) is 31.6. The first-order chi connectivity index (χ1) is 15.5. The molecule has 174 valence electrons. The van der Waals surface area contributed by atoms with Crippen molar-refractivity contribution in [3.63, 3.8) is 0 Å². The lowest BCUT2D eigenvalue weighted by Crippen LogP contribution is -2.66. The number of carbonyl (C=O) groups excluding carboxylic acids is 2. The zero-order valence-corrected chi connectivity index (χ0v) is 20.0. The van der Waals surface area contributed by atoms with Gasteiger partial charge < -0.3 is 19.5 Å². The van der Waals surface area contributed by atoms with E-state index in [2.05, 4.69) is 27.8 Å². The molecule has 4 heterocycles. The fourth-order valence-corrected chi connectivity index (χ4v) is 6.26. The summed E-state index contributed by atoms with van der Waals surface area (Å²) < 4.78 is 8.63. The standard InChI is InChI=1S/C24H34N4O3S/c1-17-3-5-18(6-4-17)25-23(30)24(2)16-27-19-7-14-32-21(19)15-20(27)22(29)28(24)9-8-26-10-12-31-13-11-26/h7,14-15,17-18H,3-6,8-13,16H2,1-2H3,(H,25,30). The lowest BCUT2D eigenvalue weighted by Gasteiger charge is -2.45. The van der Waals surface area contributed by atoms with Gasteiger partial charge in [-0.2, -0.15) is 0 Å². The molecule has 0 aromatic carbocycles. The summed E-state index contributed by atoms with van der Waals surface area (Å²) in [6.07, 6.45) is 4.35. The monoisotopic (exact) mass is 458 g/mol. The maximum absolute atomic E-state index is 13.7. The van der Waals surface area contributed by atoms with Crippen LogP contribution in [0.15, 0.2) is 17.5 Å². The molecule has 2 aromatic rings. The number of ether oxygens (including phenoxy) is 1. The third kappa shape index (κ3) is 3.97. The highest BCUT2D eigenvalue weighted by Gasteiger charge is 2.48. The number of hydrogen-bond acceptors (Lipinski definition) is 5. The van der Waals surface area contributed by atoms with Crippen molar-refractivity contribution in [2.24, 2.45) is 5.92 Å². The van der Waals surface area contributed by atoms with Crippen molar-refractivity contribution in [3.8, 4) is 0 Å². The molecule has 2 aromatic heterocycles. The number of morpholine rings is 1. The molecule has 7 nitrogen and oxygen atoms in total. The van der Waals surface area contributed by atoms with Crippen molar-refractivity contribution in [1.29, 1.82) is 0 Å². The second-order valence-corrected chi connectivity index (χ2v) is 10.8. The molecule has 2 aliphatic heterocycles. The van der Waals surface area contributed by atoms with E-state index in [0.29, 0.717) is 18.8 Å². The molecule has 1 aliphatic carbocycles. The molecule has 1 saturated heterocycles. The normalized spacial score (nSPS) is 29.3. The van der Waals surface area contributed by atoms with Crippen LogP contribution in [-0.2, 0) is 16.1 Å². The second kappa shape index (κ2) is 8.80. The Morgan fingerprint density at radius 2 is 1.97 bits per heavy atom. The van der Waals surface area contributed by atoms with Crippen molar-refractivity contribution >= 4 is 33.4 Å². The number of carbonyl (C=O) groups is 2. The van der Waals surface area contributed by atoms with Gasteiger partial charge in [-0.25, -0.2) is 0 Å². The molecule has 2 amide bonds. The van der Waals surface area contributed by atoms with Crippen LogP contribution in [0.3, 0.4) is 0 Å². The zero-order chi connectivity index (χ0) is 22.3. The van der Waals surface area contributed by atoms with Crippen molar-refractivity contribution in [2.75, 3.05) is 39.4 Å². The fourth-order valence-electron chi connectivity index (χ4n) is 5.43. The number of nitrogens with zero attached hydrogens (tertiary/aromatic N) is 3. The van der Waals surface area contributed by atoms with E-state index >= 15 is 0 Å². The molecular weight excluding hydrogens is 424 g/mol. The molecule has 3 aliphatic rings. The average molecular weight is 459 g/mol. The summed E-state index contributed by atoms with van der Waals surface area (Å²) in [6, 6.07) is 4.25. The van der Waals surface area contributed by atoms with Crippen molar-refractivity contribution in [1.82, 2.24) is 19.7 Å². The van der Waals surface area contributed by atoms with Gasteiger partial charge in [-0.05, 0) is 56.0 Å². The van der Waals surface area contributed by atoms with E-state index in [1.807, 2.05) is 23.3 Å². The third-order valence-corrected chi connectivity index (χ3v) is 8.49. The maximum atomic E-state index is 13.7. The molecule has 0 radical (unpaired) electrons. The number of rotatable bonds is 5. The Bertz CT molecular complexity index is 987. The SMILES string of the molecule is CC1CCC(NC(=O)C2(C)Cn3c(cc4sccc43)C(=O)N2CCN2CCOCC2)CC1. The van der Waals surface area contributed by atoms with Gasteiger partial charge in [0, 0.05) is 32.2 Å². The summed E-state index contributed by atoms with van der Waals surface area (Å²) in [7, 11) is 0. The summed E-state index contributed by atoms with van der Waals surface area (Å²) in [5.41, 5.74) is 0.843. The molecule has 1 saturated carbocycles. The van der Waals surface area contributed by atoms with Crippen molar-refractivity contribution < 1.29 is 14.3 Å². The van der Waals surface area contributed by atoms with Crippen LogP contribution in [0, 0.1) is 5.92 Å². The topological polar surface area (TPSA) is 66.8 Å². The molecule has 8 heteroatoms. The molecule has 32 heavy (non-hydrogen) atoms. The predicted octanol–water partition coefficient (Wildman–Crippen LogP) is 2.94. The van der Waals surface area contributed by atoms with Gasteiger partial charge in [-0.15, -0.1) is 11.3 Å². The van der Waals surface area contributed by atoms with Gasteiger partial charge in [0.2, 0.25) is 5.91 Å². The Labute approximate surface area is 193 Å². The highest BCUT2D eigenvalue weighted by molar-refractivity contribution is 7.17. The van der Waals surface area contributed by atoms with E-state index in [0.717, 1.165) is 74.7 Å². The van der Waals surface area contributed by atoms with Gasteiger partial charge in [0.15, 0.2) is 0 Å². The lowest BCUT2D eigenvalue weighted by molar-refractivity contribution is -0.134. The Morgan fingerprint density at radius 3 is 2.72 bits per heavy atom. The van der Waals surface area contributed by atoms with Crippen LogP contribution in [0.25, 0.3) is 10.2 Å².